The summed E-state index contributed by atoms with van der Waals surface area (Å²) in [4.78, 5) is 29.9. The van der Waals surface area contributed by atoms with Crippen LogP contribution in [0.5, 0.6) is 5.75 Å². The standard InChI is InChI=1S/C34H36BNO5S/c1-2-8-25-19-28-32(34(39)36(33(28)38)21-27-13-7-16-42-27)29-20-35(40)41-30(31(25)29)15-14-24(23-10-4-3-5-11-23)17-22-9-6-12-26(37)18-22/h3-7,9-13,16-18,28-30,32,37,40H,2,8,14-15,19-21H2,1H3/b24-17-/t28-,29+,30-,32-/m1/s1. The van der Waals surface area contributed by atoms with E-state index in [0.717, 1.165) is 40.0 Å². The van der Waals surface area contributed by atoms with Gasteiger partial charge < -0.3 is 14.8 Å². The molecule has 0 bridgehead atoms. The smallest absolute Gasteiger partial charge is 0.455 e. The van der Waals surface area contributed by atoms with Crippen LogP contribution in [0.15, 0.2) is 83.3 Å². The Labute approximate surface area is 251 Å². The number of likely N-dealkylation sites (tertiary alicyclic amines) is 1. The fourth-order valence-corrected chi connectivity index (χ4v) is 7.83. The lowest BCUT2D eigenvalue weighted by molar-refractivity contribution is -0.140. The molecule has 2 amide bonds. The van der Waals surface area contributed by atoms with Crippen LogP contribution in [0.1, 0.15) is 55.0 Å². The van der Waals surface area contributed by atoms with Crippen LogP contribution in [0.4, 0.5) is 0 Å². The van der Waals surface area contributed by atoms with Crippen LogP contribution in [0.25, 0.3) is 11.6 Å². The van der Waals surface area contributed by atoms with Crippen LogP contribution in [0.2, 0.25) is 6.32 Å². The van der Waals surface area contributed by atoms with E-state index >= 15 is 0 Å². The van der Waals surface area contributed by atoms with Crippen LogP contribution in [0, 0.1) is 17.8 Å². The maximum atomic E-state index is 13.8. The maximum absolute atomic E-state index is 13.8. The van der Waals surface area contributed by atoms with Crippen molar-refractivity contribution >= 4 is 41.9 Å². The highest BCUT2D eigenvalue weighted by atomic mass is 32.1. The van der Waals surface area contributed by atoms with E-state index in [9.17, 15) is 19.7 Å². The Hall–Kier alpha value is -3.46. The fraction of sp³-hybridized carbons (Fsp3) is 0.353. The van der Waals surface area contributed by atoms with Gasteiger partial charge in [-0.2, -0.15) is 0 Å². The number of carbonyl (C=O) groups excluding carboxylic acids is 2. The number of hydrogen-bond acceptors (Lipinski definition) is 6. The molecule has 42 heavy (non-hydrogen) atoms. The third kappa shape index (κ3) is 5.76. The van der Waals surface area contributed by atoms with Crippen molar-refractivity contribution < 1.29 is 24.4 Å². The molecule has 6 rings (SSSR count). The van der Waals surface area contributed by atoms with Gasteiger partial charge in [-0.25, -0.2) is 0 Å². The Morgan fingerprint density at radius 1 is 1.07 bits per heavy atom. The van der Waals surface area contributed by atoms with E-state index in [2.05, 4.69) is 25.1 Å². The Balaban J connectivity index is 1.30. The Morgan fingerprint density at radius 2 is 1.90 bits per heavy atom. The quantitative estimate of drug-likeness (QED) is 0.129. The van der Waals surface area contributed by atoms with Gasteiger partial charge in [-0.3, -0.25) is 14.5 Å². The summed E-state index contributed by atoms with van der Waals surface area (Å²) in [7, 11) is -0.991. The molecule has 2 fully saturated rings. The van der Waals surface area contributed by atoms with Crippen molar-refractivity contribution in [2.24, 2.45) is 17.8 Å². The molecule has 3 heterocycles. The van der Waals surface area contributed by atoms with Crippen LogP contribution >= 0.6 is 11.3 Å². The van der Waals surface area contributed by atoms with Crippen LogP contribution in [-0.2, 0) is 20.8 Å². The monoisotopic (exact) mass is 581 g/mol. The molecule has 2 saturated heterocycles. The zero-order chi connectivity index (χ0) is 29.2. The first kappa shape index (κ1) is 28.7. The zero-order valence-corrected chi connectivity index (χ0v) is 24.6. The van der Waals surface area contributed by atoms with Gasteiger partial charge in [0.1, 0.15) is 5.75 Å². The molecule has 1 aromatic heterocycles. The predicted octanol–water partition coefficient (Wildman–Crippen LogP) is 6.57. The van der Waals surface area contributed by atoms with Gasteiger partial charge in [-0.1, -0.05) is 73.5 Å². The summed E-state index contributed by atoms with van der Waals surface area (Å²) >= 11 is 1.55. The van der Waals surface area contributed by atoms with Crippen molar-refractivity contribution in [1.82, 2.24) is 4.90 Å². The molecule has 2 aliphatic heterocycles. The third-order valence-corrected chi connectivity index (χ3v) is 9.74. The van der Waals surface area contributed by atoms with Crippen LogP contribution in [0.3, 0.4) is 0 Å². The first-order chi connectivity index (χ1) is 20.4. The number of nitrogens with zero attached hydrogens (tertiary/aromatic N) is 1. The molecule has 1 aliphatic carbocycles. The molecule has 0 spiro atoms. The summed E-state index contributed by atoms with van der Waals surface area (Å²) in [5.74, 6) is -1.01. The summed E-state index contributed by atoms with van der Waals surface area (Å²) in [5, 5.41) is 22.9. The van der Waals surface area contributed by atoms with Gasteiger partial charge in [0.25, 0.3) is 0 Å². The molecule has 216 valence electrons. The molecule has 0 saturated carbocycles. The van der Waals surface area contributed by atoms with Crippen LogP contribution < -0.4 is 0 Å². The molecule has 0 radical (unpaired) electrons. The van der Waals surface area contributed by atoms with E-state index in [4.69, 9.17) is 4.65 Å². The second-order valence-corrected chi connectivity index (χ2v) is 12.6. The van der Waals surface area contributed by atoms with Crippen molar-refractivity contribution in [3.63, 3.8) is 0 Å². The molecule has 4 atom stereocenters. The molecule has 0 unspecified atom stereocenters. The van der Waals surface area contributed by atoms with E-state index in [0.29, 0.717) is 32.1 Å². The minimum atomic E-state index is -0.991. The number of fused-ring (bicyclic) bond motifs is 3. The molecular formula is C34H36BNO5S. The Bertz CT molecular complexity index is 1500. The van der Waals surface area contributed by atoms with E-state index in [1.54, 1.807) is 23.5 Å². The molecular weight excluding hydrogens is 545 g/mol. The molecule has 2 N–H and O–H groups in total. The van der Waals surface area contributed by atoms with Gasteiger partial charge in [-0.05, 0) is 83.8 Å². The second-order valence-electron chi connectivity index (χ2n) is 11.6. The highest BCUT2D eigenvalue weighted by Gasteiger charge is 2.57. The first-order valence-corrected chi connectivity index (χ1v) is 15.8. The third-order valence-electron chi connectivity index (χ3n) is 8.88. The average molecular weight is 582 g/mol. The maximum Gasteiger partial charge on any atom is 0.455 e. The van der Waals surface area contributed by atoms with E-state index < -0.39 is 13.0 Å². The number of benzene rings is 2. The van der Waals surface area contributed by atoms with E-state index in [1.165, 1.54) is 10.5 Å². The first-order valence-electron chi connectivity index (χ1n) is 14.9. The SMILES string of the molecule is CCCC1=C2[C@@H](CC/C(=C/c3cccc(O)c3)c3ccccc3)OB(O)C[C@@H]2[C@@H]2C(=O)N(Cc3cccs3)C(=O)[C@@H]2C1. The van der Waals surface area contributed by atoms with Crippen molar-refractivity contribution in [3.8, 4) is 5.75 Å². The Kier molecular flexibility index (Phi) is 8.47. The summed E-state index contributed by atoms with van der Waals surface area (Å²) in [6.07, 6.45) is 5.76. The van der Waals surface area contributed by atoms with Crippen molar-refractivity contribution in [3.05, 3.63) is 99.3 Å². The minimum Gasteiger partial charge on any atom is -0.508 e. The normalized spacial score (nSPS) is 24.3. The number of rotatable bonds is 9. The second kappa shape index (κ2) is 12.4. The number of amides is 2. The van der Waals surface area contributed by atoms with Crippen LogP contribution in [-0.4, -0.2) is 40.1 Å². The summed E-state index contributed by atoms with van der Waals surface area (Å²) in [5.41, 5.74) is 5.44. The van der Waals surface area contributed by atoms with E-state index in [-0.39, 0.29) is 35.5 Å². The van der Waals surface area contributed by atoms with Gasteiger partial charge in [0.15, 0.2) is 0 Å². The fourth-order valence-electron chi connectivity index (χ4n) is 7.14. The highest BCUT2D eigenvalue weighted by Crippen LogP contribution is 2.51. The minimum absolute atomic E-state index is 0.0796. The lowest BCUT2D eigenvalue weighted by Crippen LogP contribution is -2.46. The lowest BCUT2D eigenvalue weighted by atomic mass is 9.58. The molecule has 3 aliphatic rings. The number of thiophene rings is 1. The predicted molar refractivity (Wildman–Crippen MR) is 166 cm³/mol. The zero-order valence-electron chi connectivity index (χ0n) is 23.8. The van der Waals surface area contributed by atoms with Crippen molar-refractivity contribution in [1.29, 1.82) is 0 Å². The van der Waals surface area contributed by atoms with Gasteiger partial charge in [-0.15, -0.1) is 11.3 Å². The molecule has 6 nitrogen and oxygen atoms in total. The lowest BCUT2D eigenvalue weighted by Gasteiger charge is -2.43. The number of carbonyl (C=O) groups is 2. The van der Waals surface area contributed by atoms with Gasteiger partial charge in [0.05, 0.1) is 24.5 Å². The number of phenolic OH excluding ortho intramolecular Hbond substituents is 1. The molecule has 8 heteroatoms. The summed E-state index contributed by atoms with van der Waals surface area (Å²) in [6.45, 7) is 2.45. The largest absolute Gasteiger partial charge is 0.508 e. The van der Waals surface area contributed by atoms with E-state index in [1.807, 2.05) is 47.8 Å². The number of phenols is 1. The van der Waals surface area contributed by atoms with Gasteiger partial charge in [0.2, 0.25) is 11.8 Å². The van der Waals surface area contributed by atoms with Crippen molar-refractivity contribution in [2.75, 3.05) is 0 Å². The number of imide groups is 1. The molecule has 3 aromatic rings. The molecule has 2 aromatic carbocycles. The highest BCUT2D eigenvalue weighted by molar-refractivity contribution is 7.09. The average Bonchev–Trinajstić information content (AvgIpc) is 3.58. The number of hydrogen-bond donors (Lipinski definition) is 2. The van der Waals surface area contributed by atoms with Gasteiger partial charge >= 0.3 is 7.12 Å². The van der Waals surface area contributed by atoms with Gasteiger partial charge in [0, 0.05) is 4.88 Å². The topological polar surface area (TPSA) is 87.1 Å². The van der Waals surface area contributed by atoms with Crippen molar-refractivity contribution in [2.45, 2.75) is 58.0 Å². The Morgan fingerprint density at radius 3 is 2.64 bits per heavy atom. The number of aromatic hydroxyl groups is 1. The summed E-state index contributed by atoms with van der Waals surface area (Å²) in [6, 6.07) is 21.3. The summed E-state index contributed by atoms with van der Waals surface area (Å²) < 4.78 is 6.23. The number of allylic oxidation sites excluding steroid dienone is 2.